The maximum absolute atomic E-state index is 11.7. The highest BCUT2D eigenvalue weighted by Crippen LogP contribution is 2.28. The molecule has 114 valence electrons. The fourth-order valence-corrected chi connectivity index (χ4v) is 3.00. The standard InChI is InChI=1S/C13H26N2O2S.ClH/c1-3-8-18-9-12(16)15-10-13(11-17-2)4-6-14-7-5-13;/h14H,3-11H2,1-2H3,(H,15,16);1H. The van der Waals surface area contributed by atoms with E-state index in [0.717, 1.165) is 51.3 Å². The number of carbonyl (C=O) groups is 1. The molecule has 1 saturated heterocycles. The number of hydrogen-bond donors (Lipinski definition) is 2. The van der Waals surface area contributed by atoms with E-state index in [1.807, 2.05) is 0 Å². The molecule has 0 radical (unpaired) electrons. The molecule has 0 aromatic heterocycles. The summed E-state index contributed by atoms with van der Waals surface area (Å²) in [7, 11) is 1.74. The van der Waals surface area contributed by atoms with E-state index >= 15 is 0 Å². The predicted molar refractivity (Wildman–Crippen MR) is 84.3 cm³/mol. The molecule has 0 unspecified atom stereocenters. The molecule has 0 saturated carbocycles. The molecule has 2 N–H and O–H groups in total. The third-order valence-corrected chi connectivity index (χ3v) is 4.52. The van der Waals surface area contributed by atoms with Gasteiger partial charge in [0.2, 0.25) is 5.91 Å². The molecule has 1 aliphatic rings. The fourth-order valence-electron chi connectivity index (χ4n) is 2.28. The van der Waals surface area contributed by atoms with E-state index in [0.29, 0.717) is 5.75 Å². The number of thioether (sulfide) groups is 1. The SMILES string of the molecule is CCCSCC(=O)NCC1(COC)CCNCC1.Cl. The lowest BCUT2D eigenvalue weighted by molar-refractivity contribution is -0.119. The Morgan fingerprint density at radius 3 is 2.68 bits per heavy atom. The Kier molecular flexibility index (Phi) is 10.8. The van der Waals surface area contributed by atoms with Crippen molar-refractivity contribution in [1.82, 2.24) is 10.6 Å². The van der Waals surface area contributed by atoms with Gasteiger partial charge in [0.1, 0.15) is 0 Å². The molecule has 1 rings (SSSR count). The molecule has 1 fully saturated rings. The number of halogens is 1. The molecule has 0 aliphatic carbocycles. The van der Waals surface area contributed by atoms with Crippen molar-refractivity contribution in [3.8, 4) is 0 Å². The third-order valence-electron chi connectivity index (χ3n) is 3.36. The number of nitrogens with one attached hydrogen (secondary N) is 2. The van der Waals surface area contributed by atoms with Gasteiger partial charge < -0.3 is 15.4 Å². The van der Waals surface area contributed by atoms with Gasteiger partial charge in [0.15, 0.2) is 0 Å². The monoisotopic (exact) mass is 310 g/mol. The highest BCUT2D eigenvalue weighted by Gasteiger charge is 2.32. The summed E-state index contributed by atoms with van der Waals surface area (Å²) >= 11 is 1.70. The van der Waals surface area contributed by atoms with Gasteiger partial charge in [0.05, 0.1) is 12.4 Å². The van der Waals surface area contributed by atoms with Crippen molar-refractivity contribution in [1.29, 1.82) is 0 Å². The molecule has 6 heteroatoms. The van der Waals surface area contributed by atoms with Gasteiger partial charge >= 0.3 is 0 Å². The Bertz CT molecular complexity index is 243. The molecule has 19 heavy (non-hydrogen) atoms. The highest BCUT2D eigenvalue weighted by molar-refractivity contribution is 7.99. The van der Waals surface area contributed by atoms with Crippen LogP contribution in [0.5, 0.6) is 0 Å². The second-order valence-electron chi connectivity index (χ2n) is 5.01. The molecule has 0 bridgehead atoms. The van der Waals surface area contributed by atoms with Crippen molar-refractivity contribution in [2.45, 2.75) is 26.2 Å². The largest absolute Gasteiger partial charge is 0.384 e. The summed E-state index contributed by atoms with van der Waals surface area (Å²) in [6, 6.07) is 0. The van der Waals surface area contributed by atoms with Crippen molar-refractivity contribution in [2.24, 2.45) is 5.41 Å². The van der Waals surface area contributed by atoms with Crippen LogP contribution < -0.4 is 10.6 Å². The molecule has 0 atom stereocenters. The zero-order valence-electron chi connectivity index (χ0n) is 12.0. The molecule has 1 amide bonds. The van der Waals surface area contributed by atoms with Crippen LogP contribution in [0.1, 0.15) is 26.2 Å². The molecular weight excluding hydrogens is 284 g/mol. The molecule has 0 aromatic rings. The summed E-state index contributed by atoms with van der Waals surface area (Å²) in [5.74, 6) is 1.79. The normalized spacial score (nSPS) is 17.6. The van der Waals surface area contributed by atoms with Crippen LogP contribution in [0.25, 0.3) is 0 Å². The van der Waals surface area contributed by atoms with Gasteiger partial charge in [-0.05, 0) is 38.1 Å². The van der Waals surface area contributed by atoms with Crippen LogP contribution in [0.3, 0.4) is 0 Å². The van der Waals surface area contributed by atoms with Crippen LogP contribution in [0.4, 0.5) is 0 Å². The number of carbonyl (C=O) groups excluding carboxylic acids is 1. The topological polar surface area (TPSA) is 50.4 Å². The molecule has 1 aliphatic heterocycles. The number of piperidine rings is 1. The van der Waals surface area contributed by atoms with E-state index < -0.39 is 0 Å². The molecule has 0 spiro atoms. The summed E-state index contributed by atoms with van der Waals surface area (Å²) in [5, 5.41) is 6.42. The number of methoxy groups -OCH3 is 1. The third kappa shape index (κ3) is 7.40. The van der Waals surface area contributed by atoms with Crippen molar-refractivity contribution in [3.05, 3.63) is 0 Å². The lowest BCUT2D eigenvalue weighted by Gasteiger charge is -2.37. The molecule has 4 nitrogen and oxygen atoms in total. The van der Waals surface area contributed by atoms with Crippen molar-refractivity contribution in [2.75, 3.05) is 44.9 Å². The zero-order chi connectivity index (χ0) is 13.3. The van der Waals surface area contributed by atoms with Crippen LogP contribution in [-0.2, 0) is 9.53 Å². The van der Waals surface area contributed by atoms with Crippen LogP contribution in [0.15, 0.2) is 0 Å². The smallest absolute Gasteiger partial charge is 0.230 e. The van der Waals surface area contributed by atoms with Gasteiger partial charge in [-0.1, -0.05) is 6.92 Å². The van der Waals surface area contributed by atoms with Crippen LogP contribution in [0, 0.1) is 5.41 Å². The zero-order valence-corrected chi connectivity index (χ0v) is 13.6. The van der Waals surface area contributed by atoms with Gasteiger partial charge in [-0.3, -0.25) is 4.79 Å². The number of hydrogen-bond acceptors (Lipinski definition) is 4. The highest BCUT2D eigenvalue weighted by atomic mass is 35.5. The van der Waals surface area contributed by atoms with E-state index in [2.05, 4.69) is 17.6 Å². The van der Waals surface area contributed by atoms with E-state index in [1.54, 1.807) is 18.9 Å². The van der Waals surface area contributed by atoms with Crippen LogP contribution in [-0.4, -0.2) is 50.8 Å². The van der Waals surface area contributed by atoms with Crippen LogP contribution in [0.2, 0.25) is 0 Å². The Morgan fingerprint density at radius 1 is 1.42 bits per heavy atom. The summed E-state index contributed by atoms with van der Waals surface area (Å²) in [6.45, 7) is 5.65. The first-order valence-electron chi connectivity index (χ1n) is 6.76. The van der Waals surface area contributed by atoms with Crippen molar-refractivity contribution < 1.29 is 9.53 Å². The minimum atomic E-state index is 0. The van der Waals surface area contributed by atoms with Gasteiger partial charge in [-0.2, -0.15) is 11.8 Å². The van der Waals surface area contributed by atoms with E-state index in [-0.39, 0.29) is 23.7 Å². The summed E-state index contributed by atoms with van der Waals surface area (Å²) in [6.07, 6.45) is 3.27. The van der Waals surface area contributed by atoms with Crippen molar-refractivity contribution >= 4 is 30.1 Å². The maximum Gasteiger partial charge on any atom is 0.230 e. The van der Waals surface area contributed by atoms with E-state index in [1.165, 1.54) is 0 Å². The predicted octanol–water partition coefficient (Wildman–Crippen LogP) is 1.68. The van der Waals surface area contributed by atoms with Gasteiger partial charge in [0.25, 0.3) is 0 Å². The summed E-state index contributed by atoms with van der Waals surface area (Å²) < 4.78 is 5.33. The molecule has 0 aromatic carbocycles. The first-order chi connectivity index (χ1) is 8.72. The Hall–Kier alpha value is 0.0300. The first kappa shape index (κ1) is 19.0. The van der Waals surface area contributed by atoms with E-state index in [4.69, 9.17) is 4.74 Å². The van der Waals surface area contributed by atoms with Gasteiger partial charge in [-0.25, -0.2) is 0 Å². The first-order valence-corrected chi connectivity index (χ1v) is 7.92. The Balaban J connectivity index is 0.00000324. The summed E-state index contributed by atoms with van der Waals surface area (Å²) in [4.78, 5) is 11.7. The quantitative estimate of drug-likeness (QED) is 0.670. The van der Waals surface area contributed by atoms with Crippen molar-refractivity contribution in [3.63, 3.8) is 0 Å². The number of rotatable bonds is 8. The van der Waals surface area contributed by atoms with Gasteiger partial charge in [0, 0.05) is 19.1 Å². The Labute approximate surface area is 127 Å². The minimum Gasteiger partial charge on any atom is -0.384 e. The number of ether oxygens (including phenoxy) is 1. The molecule has 1 heterocycles. The lowest BCUT2D eigenvalue weighted by atomic mass is 9.79. The average Bonchev–Trinajstić information content (AvgIpc) is 2.38. The molecular formula is C13H27ClN2O2S. The van der Waals surface area contributed by atoms with Crippen LogP contribution >= 0.6 is 24.2 Å². The number of amides is 1. The lowest BCUT2D eigenvalue weighted by Crippen LogP contribution is -2.47. The maximum atomic E-state index is 11.7. The second kappa shape index (κ2) is 10.8. The van der Waals surface area contributed by atoms with E-state index in [9.17, 15) is 4.79 Å². The summed E-state index contributed by atoms with van der Waals surface area (Å²) in [5.41, 5.74) is 0.130. The van der Waals surface area contributed by atoms with Gasteiger partial charge in [-0.15, -0.1) is 12.4 Å². The minimum absolute atomic E-state index is 0. The Morgan fingerprint density at radius 2 is 2.11 bits per heavy atom. The fraction of sp³-hybridized carbons (Fsp3) is 0.923. The average molecular weight is 311 g/mol. The second-order valence-corrected chi connectivity index (χ2v) is 6.12.